The third-order valence-electron chi connectivity index (χ3n) is 9.21. The minimum Gasteiger partial charge on any atom is -0.496 e. The van der Waals surface area contributed by atoms with E-state index in [9.17, 15) is 0 Å². The fraction of sp³-hybridized carbons (Fsp3) is 0.533. The van der Waals surface area contributed by atoms with Crippen LogP contribution in [0.2, 0.25) is 0 Å². The lowest BCUT2D eigenvalue weighted by Crippen LogP contribution is -2.47. The van der Waals surface area contributed by atoms with E-state index in [0.29, 0.717) is 10.8 Å². The van der Waals surface area contributed by atoms with E-state index in [1.807, 2.05) is 12.4 Å². The van der Waals surface area contributed by atoms with Gasteiger partial charge < -0.3 is 10.1 Å². The van der Waals surface area contributed by atoms with Crippen molar-refractivity contribution in [2.24, 2.45) is 5.41 Å². The van der Waals surface area contributed by atoms with Gasteiger partial charge in [-0.2, -0.15) is 5.10 Å². The number of hydrogen-bond acceptors (Lipinski definition) is 4. The first-order valence-corrected chi connectivity index (χ1v) is 13.2. The van der Waals surface area contributed by atoms with Crippen LogP contribution in [-0.2, 0) is 11.0 Å². The van der Waals surface area contributed by atoms with Gasteiger partial charge >= 0.3 is 0 Å². The van der Waals surface area contributed by atoms with Crippen LogP contribution < -0.4 is 10.1 Å². The van der Waals surface area contributed by atoms with Gasteiger partial charge in [-0.05, 0) is 111 Å². The summed E-state index contributed by atoms with van der Waals surface area (Å²) >= 11 is 0. The molecule has 0 amide bonds. The highest BCUT2D eigenvalue weighted by Crippen LogP contribution is 2.58. The molecule has 0 spiro atoms. The summed E-state index contributed by atoms with van der Waals surface area (Å²) in [6.45, 7) is 9.82. The van der Waals surface area contributed by atoms with E-state index >= 15 is 0 Å². The van der Waals surface area contributed by atoms with E-state index in [1.54, 1.807) is 7.11 Å². The minimum atomic E-state index is 0.0211. The first-order valence-electron chi connectivity index (χ1n) is 13.2. The van der Waals surface area contributed by atoms with Crippen molar-refractivity contribution in [3.8, 4) is 16.9 Å². The molecule has 0 unspecified atom stereocenters. The largest absolute Gasteiger partial charge is 0.496 e. The maximum Gasteiger partial charge on any atom is 0.126 e. The van der Waals surface area contributed by atoms with Crippen molar-refractivity contribution in [1.29, 1.82) is 0 Å². The van der Waals surface area contributed by atoms with Crippen LogP contribution in [0.1, 0.15) is 76.8 Å². The maximum atomic E-state index is 5.49. The fourth-order valence-corrected chi connectivity index (χ4v) is 6.12. The predicted octanol–water partition coefficient (Wildman–Crippen LogP) is 7.11. The van der Waals surface area contributed by atoms with Gasteiger partial charge in [-0.1, -0.05) is 19.1 Å². The molecule has 6 rings (SSSR count). The van der Waals surface area contributed by atoms with Gasteiger partial charge in [0.2, 0.25) is 0 Å². The normalized spacial score (nSPS) is 23.9. The van der Waals surface area contributed by atoms with Gasteiger partial charge in [0, 0.05) is 24.5 Å². The highest BCUT2D eigenvalue weighted by Gasteiger charge is 2.49. The van der Waals surface area contributed by atoms with Crippen molar-refractivity contribution in [3.63, 3.8) is 0 Å². The van der Waals surface area contributed by atoms with Gasteiger partial charge in [0.05, 0.1) is 18.8 Å². The van der Waals surface area contributed by atoms with Crippen molar-refractivity contribution in [2.75, 3.05) is 19.0 Å². The first kappa shape index (κ1) is 23.9. The number of nitrogens with one attached hydrogen (secondary N) is 1. The van der Waals surface area contributed by atoms with Crippen LogP contribution in [-0.4, -0.2) is 28.4 Å². The van der Waals surface area contributed by atoms with Crippen molar-refractivity contribution >= 4 is 5.82 Å². The lowest BCUT2D eigenvalue weighted by atomic mass is 9.52. The third kappa shape index (κ3) is 4.46. The second-order valence-corrected chi connectivity index (χ2v) is 11.6. The lowest BCUT2D eigenvalue weighted by molar-refractivity contribution is 0.0505. The summed E-state index contributed by atoms with van der Waals surface area (Å²) in [5.41, 5.74) is 5.83. The Hall–Kier alpha value is -2.82. The van der Waals surface area contributed by atoms with Gasteiger partial charge in [-0.15, -0.1) is 0 Å². The summed E-state index contributed by atoms with van der Waals surface area (Å²) in [4.78, 5) is 4.64. The van der Waals surface area contributed by atoms with Crippen LogP contribution in [0.5, 0.6) is 5.75 Å². The maximum absolute atomic E-state index is 5.49. The number of nitrogens with zero attached hydrogens (tertiary/aromatic N) is 3. The van der Waals surface area contributed by atoms with Gasteiger partial charge in [0.1, 0.15) is 11.6 Å². The number of aryl methyl sites for hydroxylation is 1. The Morgan fingerprint density at radius 1 is 1.03 bits per heavy atom. The van der Waals surface area contributed by atoms with Crippen LogP contribution in [0.4, 0.5) is 5.82 Å². The number of aromatic nitrogens is 3. The first-order chi connectivity index (χ1) is 16.8. The molecular formula is C30H40N4O. The van der Waals surface area contributed by atoms with Crippen LogP contribution in [0, 0.1) is 12.3 Å². The molecule has 3 aromatic rings. The Morgan fingerprint density at radius 2 is 1.77 bits per heavy atom. The van der Waals surface area contributed by atoms with E-state index in [0.717, 1.165) is 30.1 Å². The van der Waals surface area contributed by atoms with Crippen molar-refractivity contribution < 1.29 is 4.74 Å². The summed E-state index contributed by atoms with van der Waals surface area (Å²) in [5.74, 6) is 1.96. The average molecular weight is 473 g/mol. The van der Waals surface area contributed by atoms with Crippen LogP contribution >= 0.6 is 0 Å². The van der Waals surface area contributed by atoms with Crippen LogP contribution in [0.15, 0.2) is 48.9 Å². The summed E-state index contributed by atoms with van der Waals surface area (Å²) < 4.78 is 7.57. The Labute approximate surface area is 210 Å². The highest BCUT2D eigenvalue weighted by molar-refractivity contribution is 5.65. The quantitative estimate of drug-likeness (QED) is 0.379. The molecule has 0 atom stereocenters. The number of anilines is 1. The van der Waals surface area contributed by atoms with E-state index in [1.165, 1.54) is 55.2 Å². The number of pyridine rings is 1. The number of hydrogen-bond donors (Lipinski definition) is 1. The third-order valence-corrected chi connectivity index (χ3v) is 9.21. The summed E-state index contributed by atoms with van der Waals surface area (Å²) in [7, 11) is 1.76. The number of fused-ring (bicyclic) bond motifs is 3. The zero-order valence-corrected chi connectivity index (χ0v) is 22.0. The van der Waals surface area contributed by atoms with Gasteiger partial charge in [-0.25, -0.2) is 4.98 Å². The molecule has 0 radical (unpaired) electrons. The van der Waals surface area contributed by atoms with Crippen LogP contribution in [0.3, 0.4) is 0 Å². The molecule has 3 fully saturated rings. The molecule has 3 aliphatic rings. The Bertz CT molecular complexity index is 1170. The zero-order valence-electron chi connectivity index (χ0n) is 22.0. The number of rotatable bonds is 8. The zero-order chi connectivity index (χ0) is 24.7. The van der Waals surface area contributed by atoms with Gasteiger partial charge in [-0.3, -0.25) is 4.68 Å². The average Bonchev–Trinajstić information content (AvgIpc) is 3.40. The topological polar surface area (TPSA) is 52.0 Å². The standard InChI is InChI=1S/C30H40N4O/c1-6-28(3,4)34-20-24(19-33-34)23-9-16-31-27(18-23)32-21-29-10-13-30(14-11-29,15-12-29)25-7-8-26(35-5)22(2)17-25/h7-9,16-20H,6,10-15,21H2,1-5H3,(H,31,32). The highest BCUT2D eigenvalue weighted by atomic mass is 16.5. The van der Waals surface area contributed by atoms with Crippen molar-refractivity contribution in [1.82, 2.24) is 14.8 Å². The Balaban J connectivity index is 1.24. The van der Waals surface area contributed by atoms with E-state index in [2.05, 4.69) is 84.3 Å². The molecule has 2 heterocycles. The summed E-state index contributed by atoms with van der Waals surface area (Å²) in [5, 5.41) is 8.34. The molecule has 1 N–H and O–H groups in total. The van der Waals surface area contributed by atoms with E-state index in [-0.39, 0.29) is 5.54 Å². The molecular weight excluding hydrogens is 432 g/mol. The van der Waals surface area contributed by atoms with E-state index in [4.69, 9.17) is 4.74 Å². The molecule has 1 aromatic carbocycles. The molecule has 5 heteroatoms. The van der Waals surface area contributed by atoms with Crippen molar-refractivity contribution in [2.45, 2.75) is 83.6 Å². The summed E-state index contributed by atoms with van der Waals surface area (Å²) in [6.07, 6.45) is 14.8. The number of benzene rings is 1. The molecule has 0 aliphatic heterocycles. The summed E-state index contributed by atoms with van der Waals surface area (Å²) in [6, 6.07) is 11.1. The minimum absolute atomic E-state index is 0.0211. The van der Waals surface area contributed by atoms with Crippen molar-refractivity contribution in [3.05, 3.63) is 60.0 Å². The van der Waals surface area contributed by atoms with Gasteiger partial charge in [0.25, 0.3) is 0 Å². The van der Waals surface area contributed by atoms with Gasteiger partial charge in [0.15, 0.2) is 0 Å². The van der Waals surface area contributed by atoms with Crippen LogP contribution in [0.25, 0.3) is 11.1 Å². The molecule has 3 aliphatic carbocycles. The molecule has 35 heavy (non-hydrogen) atoms. The molecule has 0 saturated heterocycles. The monoisotopic (exact) mass is 472 g/mol. The second-order valence-electron chi connectivity index (χ2n) is 11.6. The molecule has 2 bridgehead atoms. The molecule has 5 nitrogen and oxygen atoms in total. The SMILES string of the molecule is CCC(C)(C)n1cc(-c2ccnc(NCC34CCC(c5ccc(OC)c(C)c5)(CC3)CC4)c2)cn1. The Morgan fingerprint density at radius 3 is 2.43 bits per heavy atom. The smallest absolute Gasteiger partial charge is 0.126 e. The Kier molecular flexibility index (Phi) is 6.14. The second kappa shape index (κ2) is 9.00. The number of ether oxygens (including phenoxy) is 1. The number of methoxy groups -OCH3 is 1. The molecule has 3 saturated carbocycles. The predicted molar refractivity (Wildman–Crippen MR) is 143 cm³/mol. The van der Waals surface area contributed by atoms with E-state index < -0.39 is 0 Å². The fourth-order valence-electron chi connectivity index (χ4n) is 6.12. The molecule has 2 aromatic heterocycles. The lowest BCUT2D eigenvalue weighted by Gasteiger charge is -2.54. The molecule has 186 valence electrons.